The maximum Gasteiger partial charge on any atom is 0.374 e. The number of aromatic nitrogens is 2. The van der Waals surface area contributed by atoms with Crippen LogP contribution in [0.3, 0.4) is 0 Å². The lowest BCUT2D eigenvalue weighted by Crippen LogP contribution is -2.04. The molecule has 0 atom stereocenters. The average molecular weight is 415 g/mol. The number of hydrogen-bond acceptors (Lipinski definition) is 8. The van der Waals surface area contributed by atoms with Gasteiger partial charge in [0.05, 0.1) is 14.2 Å². The first kappa shape index (κ1) is 18.8. The van der Waals surface area contributed by atoms with E-state index in [0.717, 1.165) is 0 Å². The third-order valence-electron chi connectivity index (χ3n) is 4.12. The molecule has 2 aromatic heterocycles. The molecule has 8 nitrogen and oxygen atoms in total. The number of fused-ring (bicyclic) bond motifs is 1. The monoisotopic (exact) mass is 414 g/mol. The molecule has 0 aliphatic rings. The summed E-state index contributed by atoms with van der Waals surface area (Å²) >= 11 is 5.94. The summed E-state index contributed by atoms with van der Waals surface area (Å²) < 4.78 is 26.3. The van der Waals surface area contributed by atoms with Crippen molar-refractivity contribution in [2.24, 2.45) is 0 Å². The van der Waals surface area contributed by atoms with Crippen LogP contribution >= 0.6 is 11.6 Å². The number of hydrogen-bond donors (Lipinski definition) is 0. The van der Waals surface area contributed by atoms with E-state index in [1.807, 2.05) is 0 Å². The quantitative estimate of drug-likeness (QED) is 0.425. The van der Waals surface area contributed by atoms with E-state index in [9.17, 15) is 4.79 Å². The number of furan rings is 1. The smallest absolute Gasteiger partial charge is 0.374 e. The highest BCUT2D eigenvalue weighted by atomic mass is 35.5. The summed E-state index contributed by atoms with van der Waals surface area (Å²) in [4.78, 5) is 16.5. The predicted octanol–water partition coefficient (Wildman–Crippen LogP) is 4.51. The molecule has 9 heteroatoms. The van der Waals surface area contributed by atoms with Crippen molar-refractivity contribution in [2.45, 2.75) is 6.61 Å². The van der Waals surface area contributed by atoms with E-state index in [1.165, 1.54) is 7.11 Å². The van der Waals surface area contributed by atoms with Crippen molar-refractivity contribution in [3.63, 3.8) is 0 Å². The van der Waals surface area contributed by atoms with E-state index >= 15 is 0 Å². The van der Waals surface area contributed by atoms with Crippen LogP contribution < -0.4 is 9.47 Å². The number of ether oxygens (including phenoxy) is 3. The van der Waals surface area contributed by atoms with Crippen molar-refractivity contribution in [2.75, 3.05) is 14.2 Å². The molecule has 2 heterocycles. The number of esters is 1. The van der Waals surface area contributed by atoms with Crippen LogP contribution in [0.2, 0.25) is 5.02 Å². The molecule has 0 spiro atoms. The zero-order valence-corrected chi connectivity index (χ0v) is 16.2. The molecule has 4 rings (SSSR count). The van der Waals surface area contributed by atoms with Crippen LogP contribution in [-0.2, 0) is 11.3 Å². The standard InChI is InChI=1S/C20H15ClN2O6/c1-25-15-5-3-11(8-16(15)26-2)19-22-18(29-23-19)10-27-20(24)17-9-12-7-13(21)4-6-14(12)28-17/h3-9H,10H2,1-2H3. The Morgan fingerprint density at radius 1 is 1.07 bits per heavy atom. The van der Waals surface area contributed by atoms with Gasteiger partial charge in [0.2, 0.25) is 11.6 Å². The van der Waals surface area contributed by atoms with Gasteiger partial charge < -0.3 is 23.2 Å². The van der Waals surface area contributed by atoms with Crippen LogP contribution in [0, 0.1) is 0 Å². The minimum Gasteiger partial charge on any atom is -0.493 e. The Kier molecular flexibility index (Phi) is 5.09. The van der Waals surface area contributed by atoms with Gasteiger partial charge in [-0.1, -0.05) is 16.8 Å². The van der Waals surface area contributed by atoms with Gasteiger partial charge in [-0.2, -0.15) is 4.98 Å². The number of carbonyl (C=O) groups is 1. The molecular formula is C20H15ClN2O6. The van der Waals surface area contributed by atoms with Crippen molar-refractivity contribution in [1.29, 1.82) is 0 Å². The van der Waals surface area contributed by atoms with Crippen LogP contribution in [0.1, 0.15) is 16.4 Å². The van der Waals surface area contributed by atoms with E-state index in [1.54, 1.807) is 49.6 Å². The molecule has 0 bridgehead atoms. The van der Waals surface area contributed by atoms with Gasteiger partial charge in [-0.15, -0.1) is 0 Å². The average Bonchev–Trinajstić information content (AvgIpc) is 3.38. The predicted molar refractivity (Wildman–Crippen MR) is 103 cm³/mol. The maximum absolute atomic E-state index is 12.2. The lowest BCUT2D eigenvalue weighted by molar-refractivity contribution is 0.0396. The SMILES string of the molecule is COc1ccc(-c2noc(COC(=O)c3cc4cc(Cl)ccc4o3)n2)cc1OC. The van der Waals surface area contributed by atoms with Crippen LogP contribution in [0.5, 0.6) is 11.5 Å². The minimum absolute atomic E-state index is 0.0573. The summed E-state index contributed by atoms with van der Waals surface area (Å²) in [6, 6.07) is 11.8. The number of methoxy groups -OCH3 is 2. The van der Waals surface area contributed by atoms with Gasteiger partial charge in [-0.3, -0.25) is 0 Å². The summed E-state index contributed by atoms with van der Waals surface area (Å²) in [6.07, 6.45) is 0. The van der Waals surface area contributed by atoms with E-state index in [2.05, 4.69) is 10.1 Å². The summed E-state index contributed by atoms with van der Waals surface area (Å²) in [6.45, 7) is -0.197. The Morgan fingerprint density at radius 2 is 1.90 bits per heavy atom. The van der Waals surface area contributed by atoms with Gasteiger partial charge in [0, 0.05) is 16.0 Å². The zero-order valence-electron chi connectivity index (χ0n) is 15.5. The first-order valence-electron chi connectivity index (χ1n) is 8.48. The minimum atomic E-state index is -0.650. The van der Waals surface area contributed by atoms with Crippen LogP contribution in [0.4, 0.5) is 0 Å². The van der Waals surface area contributed by atoms with Gasteiger partial charge in [0.25, 0.3) is 5.89 Å². The summed E-state index contributed by atoms with van der Waals surface area (Å²) in [7, 11) is 3.09. The number of halogens is 1. The number of carbonyl (C=O) groups excluding carboxylic acids is 1. The molecule has 0 saturated heterocycles. The molecule has 0 unspecified atom stereocenters. The Labute approximate surface area is 169 Å². The van der Waals surface area contributed by atoms with Crippen LogP contribution in [-0.4, -0.2) is 30.3 Å². The van der Waals surface area contributed by atoms with Gasteiger partial charge in [0.1, 0.15) is 5.58 Å². The highest BCUT2D eigenvalue weighted by Gasteiger charge is 2.17. The Morgan fingerprint density at radius 3 is 2.69 bits per heavy atom. The van der Waals surface area contributed by atoms with Crippen LogP contribution in [0.25, 0.3) is 22.4 Å². The fraction of sp³-hybridized carbons (Fsp3) is 0.150. The highest BCUT2D eigenvalue weighted by Crippen LogP contribution is 2.31. The molecule has 4 aromatic rings. The molecule has 0 aliphatic carbocycles. The molecule has 0 fully saturated rings. The lowest BCUT2D eigenvalue weighted by Gasteiger charge is -2.07. The molecule has 0 amide bonds. The maximum atomic E-state index is 12.2. The van der Waals surface area contributed by atoms with Gasteiger partial charge in [-0.25, -0.2) is 4.79 Å². The summed E-state index contributed by atoms with van der Waals surface area (Å²) in [5.41, 5.74) is 1.20. The second-order valence-electron chi connectivity index (χ2n) is 5.95. The number of benzene rings is 2. The summed E-state index contributed by atoms with van der Waals surface area (Å²) in [5.74, 6) is 0.997. The highest BCUT2D eigenvalue weighted by molar-refractivity contribution is 6.31. The van der Waals surface area contributed by atoms with E-state index in [0.29, 0.717) is 38.9 Å². The fourth-order valence-electron chi connectivity index (χ4n) is 2.72. The first-order valence-corrected chi connectivity index (χ1v) is 8.86. The van der Waals surface area contributed by atoms with Crippen molar-refractivity contribution in [3.8, 4) is 22.9 Å². The zero-order chi connectivity index (χ0) is 20.4. The van der Waals surface area contributed by atoms with Gasteiger partial charge in [0.15, 0.2) is 18.1 Å². The fourth-order valence-corrected chi connectivity index (χ4v) is 2.90. The van der Waals surface area contributed by atoms with Gasteiger partial charge in [-0.05, 0) is 42.5 Å². The molecular weight excluding hydrogens is 400 g/mol. The second kappa shape index (κ2) is 7.84. The molecule has 0 N–H and O–H groups in total. The Hall–Kier alpha value is -3.52. The summed E-state index contributed by atoms with van der Waals surface area (Å²) in [5, 5.41) is 5.16. The molecule has 29 heavy (non-hydrogen) atoms. The van der Waals surface area contributed by atoms with E-state index < -0.39 is 5.97 Å². The van der Waals surface area contributed by atoms with Crippen molar-refractivity contribution >= 4 is 28.5 Å². The van der Waals surface area contributed by atoms with Crippen molar-refractivity contribution in [1.82, 2.24) is 10.1 Å². The van der Waals surface area contributed by atoms with E-state index in [4.69, 9.17) is 34.8 Å². The van der Waals surface area contributed by atoms with Crippen molar-refractivity contribution < 1.29 is 27.9 Å². The van der Waals surface area contributed by atoms with Crippen LogP contribution in [0.15, 0.2) is 51.4 Å². The lowest BCUT2D eigenvalue weighted by atomic mass is 10.2. The van der Waals surface area contributed by atoms with Gasteiger partial charge >= 0.3 is 5.97 Å². The number of rotatable bonds is 6. The van der Waals surface area contributed by atoms with Crippen molar-refractivity contribution in [3.05, 3.63) is 59.1 Å². The molecule has 2 aromatic carbocycles. The molecule has 0 radical (unpaired) electrons. The Bertz CT molecular complexity index is 1180. The first-order chi connectivity index (χ1) is 14.1. The molecule has 0 aliphatic heterocycles. The number of nitrogens with zero attached hydrogens (tertiary/aromatic N) is 2. The molecule has 0 saturated carbocycles. The largest absolute Gasteiger partial charge is 0.493 e. The Balaban J connectivity index is 1.45. The third kappa shape index (κ3) is 3.88. The molecule has 148 valence electrons. The normalized spacial score (nSPS) is 10.9. The topological polar surface area (TPSA) is 96.8 Å². The third-order valence-corrected chi connectivity index (χ3v) is 4.35. The second-order valence-corrected chi connectivity index (χ2v) is 6.39. The van der Waals surface area contributed by atoms with E-state index in [-0.39, 0.29) is 18.3 Å².